The number of Topliss-reactive ketones (excluding diaryl/α,β-unsaturated/α-hetero) is 1. The molecule has 2 rings (SSSR count). The van der Waals surface area contributed by atoms with Crippen LogP contribution in [0.1, 0.15) is 32.3 Å². The van der Waals surface area contributed by atoms with Gasteiger partial charge in [0.25, 0.3) is 5.91 Å². The Morgan fingerprint density at radius 1 is 1.43 bits per heavy atom. The Hall–Kier alpha value is -2.48. The zero-order valence-electron chi connectivity index (χ0n) is 15.9. The van der Waals surface area contributed by atoms with E-state index in [2.05, 4.69) is 5.32 Å². The third-order valence-corrected chi connectivity index (χ3v) is 5.54. The number of ketones is 1. The Labute approximate surface area is 167 Å². The average Bonchev–Trinajstić information content (AvgIpc) is 2.85. The van der Waals surface area contributed by atoms with Gasteiger partial charge in [0, 0.05) is 33.9 Å². The number of anilines is 1. The molecule has 0 bridgehead atoms. The first kappa shape index (κ1) is 21.8. The number of hydrogen-bond acceptors (Lipinski definition) is 6. The number of carbonyl (C=O) groups excluding carboxylic acids is 3. The minimum atomic E-state index is -1.09. The summed E-state index contributed by atoms with van der Waals surface area (Å²) in [5.41, 5.74) is 1.19. The van der Waals surface area contributed by atoms with Gasteiger partial charge in [-0.05, 0) is 37.5 Å². The van der Waals surface area contributed by atoms with Crippen LogP contribution in [0, 0.1) is 34.8 Å². The number of esters is 1. The van der Waals surface area contributed by atoms with E-state index in [1.165, 1.54) is 6.92 Å². The Balaban J connectivity index is 1.95. The third-order valence-electron chi connectivity index (χ3n) is 5.13. The molecule has 0 saturated heterocycles. The van der Waals surface area contributed by atoms with E-state index in [1.54, 1.807) is 32.0 Å². The monoisotopic (exact) mass is 410 g/mol. The summed E-state index contributed by atoms with van der Waals surface area (Å²) in [6.07, 6.45) is -1.15. The topological polar surface area (TPSA) is 116 Å². The predicted octanol–water partition coefficient (Wildman–Crippen LogP) is 3.03. The first-order valence-corrected chi connectivity index (χ1v) is 9.38. The predicted molar refractivity (Wildman–Crippen MR) is 103 cm³/mol. The Kier molecular flexibility index (Phi) is 7.12. The van der Waals surface area contributed by atoms with Crippen LogP contribution in [0.3, 0.4) is 0 Å². The Morgan fingerprint density at radius 3 is 2.75 bits per heavy atom. The molecule has 8 nitrogen and oxygen atoms in total. The van der Waals surface area contributed by atoms with E-state index in [4.69, 9.17) is 16.3 Å². The fraction of sp³-hybridized carbons (Fsp3) is 0.526. The molecule has 0 spiro atoms. The van der Waals surface area contributed by atoms with Gasteiger partial charge in [-0.1, -0.05) is 24.6 Å². The second kappa shape index (κ2) is 9.14. The summed E-state index contributed by atoms with van der Waals surface area (Å²) in [5.74, 6) is -2.87. The van der Waals surface area contributed by atoms with Crippen molar-refractivity contribution >= 4 is 34.9 Å². The molecule has 0 aromatic heterocycles. The van der Waals surface area contributed by atoms with E-state index >= 15 is 0 Å². The fourth-order valence-corrected chi connectivity index (χ4v) is 3.63. The van der Waals surface area contributed by atoms with E-state index < -0.39 is 34.7 Å². The van der Waals surface area contributed by atoms with Gasteiger partial charge in [-0.15, -0.1) is 0 Å². The highest BCUT2D eigenvalue weighted by Gasteiger charge is 2.44. The molecule has 0 radical (unpaired) electrons. The van der Waals surface area contributed by atoms with Gasteiger partial charge in [-0.3, -0.25) is 24.5 Å². The molecule has 0 aliphatic heterocycles. The SMILES string of the molecule is Cc1c(Cl)cccc1NC(=O)[C@H](C)OC(=O)C[C@H]1C(=O)C[C@@H](C)[C@H]1C[N+](=O)[O-]. The highest BCUT2D eigenvalue weighted by atomic mass is 35.5. The molecule has 4 atom stereocenters. The largest absolute Gasteiger partial charge is 0.453 e. The highest BCUT2D eigenvalue weighted by Crippen LogP contribution is 2.36. The summed E-state index contributed by atoms with van der Waals surface area (Å²) in [5, 5.41) is 14.0. The summed E-state index contributed by atoms with van der Waals surface area (Å²) < 4.78 is 5.15. The summed E-state index contributed by atoms with van der Waals surface area (Å²) in [6, 6.07) is 5.05. The molecule has 0 unspecified atom stereocenters. The second-order valence-electron chi connectivity index (χ2n) is 7.17. The van der Waals surface area contributed by atoms with Crippen LogP contribution < -0.4 is 5.32 Å². The number of ether oxygens (including phenoxy) is 1. The third kappa shape index (κ3) is 5.28. The van der Waals surface area contributed by atoms with E-state index in [-0.39, 0.29) is 31.1 Å². The number of benzene rings is 1. The number of halogens is 1. The van der Waals surface area contributed by atoms with Crippen LogP contribution in [0.5, 0.6) is 0 Å². The van der Waals surface area contributed by atoms with Crippen LogP contribution in [-0.4, -0.2) is 35.2 Å². The zero-order valence-corrected chi connectivity index (χ0v) is 16.7. The van der Waals surface area contributed by atoms with Crippen molar-refractivity contribution in [3.8, 4) is 0 Å². The number of carbonyl (C=O) groups is 3. The van der Waals surface area contributed by atoms with E-state index in [9.17, 15) is 24.5 Å². The standard InChI is InChI=1S/C19H23ClN2O6/c1-10-7-17(23)13(14(10)9-22(26)27)8-18(24)28-12(3)19(25)21-16-6-4-5-15(20)11(16)2/h4-6,10,12-14H,7-9H2,1-3H3,(H,21,25)/t10-,12+,13-,14-/m1/s1. The summed E-state index contributed by atoms with van der Waals surface area (Å²) in [4.78, 5) is 47.0. The molecular formula is C19H23ClN2O6. The molecule has 28 heavy (non-hydrogen) atoms. The fourth-order valence-electron chi connectivity index (χ4n) is 3.46. The van der Waals surface area contributed by atoms with Crippen LogP contribution in [-0.2, 0) is 19.1 Å². The van der Waals surface area contributed by atoms with Gasteiger partial charge >= 0.3 is 5.97 Å². The summed E-state index contributed by atoms with van der Waals surface area (Å²) >= 11 is 6.01. The molecule has 1 aromatic carbocycles. The van der Waals surface area contributed by atoms with Gasteiger partial charge in [0.1, 0.15) is 5.78 Å². The van der Waals surface area contributed by atoms with Crippen molar-refractivity contribution < 1.29 is 24.0 Å². The first-order chi connectivity index (χ1) is 13.1. The van der Waals surface area contributed by atoms with Crippen molar-refractivity contribution in [1.82, 2.24) is 0 Å². The van der Waals surface area contributed by atoms with Crippen LogP contribution in [0.4, 0.5) is 5.69 Å². The van der Waals surface area contributed by atoms with Gasteiger partial charge in [0.15, 0.2) is 6.10 Å². The van der Waals surface area contributed by atoms with Gasteiger partial charge in [0.05, 0.1) is 6.42 Å². The normalized spacial score (nSPS) is 22.6. The molecule has 9 heteroatoms. The quantitative estimate of drug-likeness (QED) is 0.419. The smallest absolute Gasteiger partial charge is 0.307 e. The molecular weight excluding hydrogens is 388 g/mol. The molecule has 1 fully saturated rings. The molecule has 152 valence electrons. The lowest BCUT2D eigenvalue weighted by atomic mass is 9.88. The lowest BCUT2D eigenvalue weighted by Crippen LogP contribution is -2.32. The van der Waals surface area contributed by atoms with Crippen LogP contribution in [0.2, 0.25) is 5.02 Å². The lowest BCUT2D eigenvalue weighted by molar-refractivity contribution is -0.490. The summed E-state index contributed by atoms with van der Waals surface area (Å²) in [7, 11) is 0. The van der Waals surface area contributed by atoms with Crippen molar-refractivity contribution in [3.05, 3.63) is 38.9 Å². The maximum atomic E-state index is 12.3. The molecule has 1 amide bonds. The highest BCUT2D eigenvalue weighted by molar-refractivity contribution is 6.31. The molecule has 1 aliphatic rings. The first-order valence-electron chi connectivity index (χ1n) is 9.00. The number of nitrogens with one attached hydrogen (secondary N) is 1. The van der Waals surface area contributed by atoms with Crippen LogP contribution in [0.15, 0.2) is 18.2 Å². The van der Waals surface area contributed by atoms with Crippen molar-refractivity contribution in [2.75, 3.05) is 11.9 Å². The van der Waals surface area contributed by atoms with Crippen LogP contribution >= 0.6 is 11.6 Å². The van der Waals surface area contributed by atoms with Gasteiger partial charge in [0.2, 0.25) is 6.54 Å². The number of nitro groups is 1. The number of hydrogen-bond donors (Lipinski definition) is 1. The summed E-state index contributed by atoms with van der Waals surface area (Å²) in [6.45, 7) is 4.56. The Bertz CT molecular complexity index is 797. The number of rotatable bonds is 7. The van der Waals surface area contributed by atoms with Gasteiger partial charge < -0.3 is 10.1 Å². The maximum Gasteiger partial charge on any atom is 0.307 e. The van der Waals surface area contributed by atoms with E-state index in [0.29, 0.717) is 16.3 Å². The number of nitrogens with zero attached hydrogens (tertiary/aromatic N) is 1. The van der Waals surface area contributed by atoms with E-state index in [1.807, 2.05) is 0 Å². The molecule has 1 aromatic rings. The van der Waals surface area contributed by atoms with E-state index in [0.717, 1.165) is 0 Å². The van der Waals surface area contributed by atoms with Crippen molar-refractivity contribution in [1.29, 1.82) is 0 Å². The average molecular weight is 411 g/mol. The second-order valence-corrected chi connectivity index (χ2v) is 7.58. The zero-order chi connectivity index (χ0) is 21.0. The van der Waals surface area contributed by atoms with Crippen molar-refractivity contribution in [2.24, 2.45) is 17.8 Å². The van der Waals surface area contributed by atoms with Crippen LogP contribution in [0.25, 0.3) is 0 Å². The van der Waals surface area contributed by atoms with Gasteiger partial charge in [-0.2, -0.15) is 0 Å². The molecule has 1 saturated carbocycles. The van der Waals surface area contributed by atoms with Crippen molar-refractivity contribution in [2.45, 2.75) is 39.7 Å². The van der Waals surface area contributed by atoms with Crippen molar-refractivity contribution in [3.63, 3.8) is 0 Å². The maximum absolute atomic E-state index is 12.3. The lowest BCUT2D eigenvalue weighted by Gasteiger charge is -2.19. The van der Waals surface area contributed by atoms with Gasteiger partial charge in [-0.25, -0.2) is 0 Å². The minimum Gasteiger partial charge on any atom is -0.453 e. The molecule has 0 heterocycles. The Morgan fingerprint density at radius 2 is 2.11 bits per heavy atom. The minimum absolute atomic E-state index is 0.165. The number of amides is 1. The molecule has 1 aliphatic carbocycles. The molecule has 1 N–H and O–H groups in total.